The highest BCUT2D eigenvalue weighted by atomic mass is 16.5. The van der Waals surface area contributed by atoms with Gasteiger partial charge in [-0.2, -0.15) is 0 Å². The van der Waals surface area contributed by atoms with Crippen LogP contribution in [0, 0.1) is 5.92 Å². The summed E-state index contributed by atoms with van der Waals surface area (Å²) in [5.74, 6) is 1.36. The molecule has 3 rings (SSSR count). The summed E-state index contributed by atoms with van der Waals surface area (Å²) in [7, 11) is 0. The van der Waals surface area contributed by atoms with Crippen molar-refractivity contribution in [3.05, 3.63) is 29.3 Å². The highest BCUT2D eigenvalue weighted by Crippen LogP contribution is 2.26. The minimum absolute atomic E-state index is 0.299. The third kappa shape index (κ3) is 2.98. The van der Waals surface area contributed by atoms with Gasteiger partial charge in [-0.15, -0.1) is 0 Å². The summed E-state index contributed by atoms with van der Waals surface area (Å²) in [5.41, 5.74) is 2.76. The van der Waals surface area contributed by atoms with Gasteiger partial charge in [-0.3, -0.25) is 0 Å². The Morgan fingerprint density at radius 1 is 1.32 bits per heavy atom. The molecular weight excluding hydrogens is 238 g/mol. The molecule has 2 aliphatic rings. The van der Waals surface area contributed by atoms with Crippen molar-refractivity contribution in [2.75, 3.05) is 26.2 Å². The quantitative estimate of drug-likeness (QED) is 0.775. The molecule has 19 heavy (non-hydrogen) atoms. The molecule has 1 aromatic rings. The van der Waals surface area contributed by atoms with Crippen LogP contribution in [0.4, 0.5) is 0 Å². The Morgan fingerprint density at radius 3 is 2.95 bits per heavy atom. The van der Waals surface area contributed by atoms with E-state index in [1.165, 1.54) is 11.1 Å². The van der Waals surface area contributed by atoms with Gasteiger partial charge in [0.1, 0.15) is 12.0 Å². The number of piperidine rings is 1. The summed E-state index contributed by atoms with van der Waals surface area (Å²) in [5, 5.41) is 0. The molecule has 2 heterocycles. The molecule has 0 atom stereocenters. The number of carbonyl (C=O) groups excluding carboxylic acids is 1. The molecular formula is C16H21NO2. The predicted octanol–water partition coefficient (Wildman–Crippen LogP) is 2.07. The van der Waals surface area contributed by atoms with Crippen LogP contribution in [0.1, 0.15) is 24.0 Å². The van der Waals surface area contributed by atoms with Crippen LogP contribution in [0.2, 0.25) is 0 Å². The van der Waals surface area contributed by atoms with E-state index in [-0.39, 0.29) is 0 Å². The van der Waals surface area contributed by atoms with Gasteiger partial charge in [0.15, 0.2) is 0 Å². The summed E-state index contributed by atoms with van der Waals surface area (Å²) in [6, 6.07) is 6.58. The normalized spacial score (nSPS) is 20.0. The predicted molar refractivity (Wildman–Crippen MR) is 74.6 cm³/mol. The smallest absolute Gasteiger partial charge is 0.123 e. The monoisotopic (exact) mass is 259 g/mol. The van der Waals surface area contributed by atoms with E-state index in [4.69, 9.17) is 4.74 Å². The number of rotatable bonds is 4. The number of aldehydes is 1. The molecule has 3 nitrogen and oxygen atoms in total. The third-order valence-corrected chi connectivity index (χ3v) is 4.30. The highest BCUT2D eigenvalue weighted by molar-refractivity contribution is 5.53. The maximum absolute atomic E-state index is 10.7. The Kier molecular flexibility index (Phi) is 3.83. The molecule has 0 bridgehead atoms. The van der Waals surface area contributed by atoms with Crippen LogP contribution in [0.15, 0.2) is 18.2 Å². The van der Waals surface area contributed by atoms with Gasteiger partial charge in [-0.05, 0) is 49.5 Å². The summed E-state index contributed by atoms with van der Waals surface area (Å²) < 4.78 is 5.53. The van der Waals surface area contributed by atoms with E-state index in [0.717, 1.165) is 64.0 Å². The summed E-state index contributed by atoms with van der Waals surface area (Å²) in [6.45, 7) is 4.07. The van der Waals surface area contributed by atoms with Gasteiger partial charge in [0.05, 0.1) is 6.61 Å². The van der Waals surface area contributed by atoms with Crippen molar-refractivity contribution in [2.24, 2.45) is 5.92 Å². The first kappa shape index (κ1) is 12.7. The van der Waals surface area contributed by atoms with Crippen LogP contribution in [0.25, 0.3) is 0 Å². The average molecular weight is 259 g/mol. The number of nitrogens with zero attached hydrogens (tertiary/aromatic N) is 1. The Bertz CT molecular complexity index is 450. The maximum Gasteiger partial charge on any atom is 0.123 e. The van der Waals surface area contributed by atoms with Crippen molar-refractivity contribution >= 4 is 6.29 Å². The topological polar surface area (TPSA) is 29.5 Å². The van der Waals surface area contributed by atoms with Gasteiger partial charge in [0.25, 0.3) is 0 Å². The standard InChI is InChI=1S/C16H21NO2/c18-12-14-4-8-17(9-5-14)7-3-13-1-2-16-15(11-13)6-10-19-16/h1-2,11-12,14H,3-10H2. The molecule has 1 fully saturated rings. The molecule has 0 N–H and O–H groups in total. The van der Waals surface area contributed by atoms with Crippen molar-refractivity contribution in [2.45, 2.75) is 25.7 Å². The van der Waals surface area contributed by atoms with E-state index >= 15 is 0 Å². The molecule has 0 unspecified atom stereocenters. The first-order valence-electron chi connectivity index (χ1n) is 7.27. The average Bonchev–Trinajstić information content (AvgIpc) is 2.93. The SMILES string of the molecule is O=CC1CCN(CCc2ccc3c(c2)CCO3)CC1. The molecule has 0 amide bonds. The Hall–Kier alpha value is -1.35. The second-order valence-electron chi connectivity index (χ2n) is 5.61. The van der Waals surface area contributed by atoms with Crippen LogP contribution in [0.5, 0.6) is 5.75 Å². The summed E-state index contributed by atoms with van der Waals surface area (Å²) in [4.78, 5) is 13.2. The maximum atomic E-state index is 10.7. The number of ether oxygens (including phenoxy) is 1. The molecule has 0 aliphatic carbocycles. The molecule has 102 valence electrons. The molecule has 3 heteroatoms. The van der Waals surface area contributed by atoms with Gasteiger partial charge in [0, 0.05) is 18.9 Å². The van der Waals surface area contributed by atoms with Crippen molar-refractivity contribution < 1.29 is 9.53 Å². The van der Waals surface area contributed by atoms with Gasteiger partial charge in [0.2, 0.25) is 0 Å². The Morgan fingerprint density at radius 2 is 2.16 bits per heavy atom. The van der Waals surface area contributed by atoms with Crippen LogP contribution in [0.3, 0.4) is 0 Å². The van der Waals surface area contributed by atoms with Crippen molar-refractivity contribution in [3.63, 3.8) is 0 Å². The summed E-state index contributed by atoms with van der Waals surface area (Å²) >= 11 is 0. The lowest BCUT2D eigenvalue weighted by molar-refractivity contribution is -0.112. The van der Waals surface area contributed by atoms with E-state index in [9.17, 15) is 4.79 Å². The molecule has 1 saturated heterocycles. The second-order valence-corrected chi connectivity index (χ2v) is 5.61. The zero-order valence-corrected chi connectivity index (χ0v) is 11.3. The number of fused-ring (bicyclic) bond motifs is 1. The molecule has 0 spiro atoms. The first-order chi connectivity index (χ1) is 9.35. The van der Waals surface area contributed by atoms with Gasteiger partial charge in [-0.25, -0.2) is 0 Å². The van der Waals surface area contributed by atoms with E-state index < -0.39 is 0 Å². The molecule has 1 aromatic carbocycles. The van der Waals surface area contributed by atoms with Crippen molar-refractivity contribution in [1.82, 2.24) is 4.90 Å². The number of likely N-dealkylation sites (tertiary alicyclic amines) is 1. The van der Waals surface area contributed by atoms with E-state index in [0.29, 0.717) is 5.92 Å². The van der Waals surface area contributed by atoms with E-state index in [2.05, 4.69) is 23.1 Å². The van der Waals surface area contributed by atoms with Crippen LogP contribution in [-0.2, 0) is 17.6 Å². The number of hydrogen-bond acceptors (Lipinski definition) is 3. The lowest BCUT2D eigenvalue weighted by Crippen LogP contribution is -2.35. The third-order valence-electron chi connectivity index (χ3n) is 4.30. The van der Waals surface area contributed by atoms with E-state index in [1.807, 2.05) is 0 Å². The fourth-order valence-electron chi connectivity index (χ4n) is 3.00. The number of benzene rings is 1. The fourth-order valence-corrected chi connectivity index (χ4v) is 3.00. The second kappa shape index (κ2) is 5.74. The lowest BCUT2D eigenvalue weighted by Gasteiger charge is -2.29. The minimum Gasteiger partial charge on any atom is -0.493 e. The lowest BCUT2D eigenvalue weighted by atomic mass is 9.98. The first-order valence-corrected chi connectivity index (χ1v) is 7.27. The zero-order chi connectivity index (χ0) is 13.1. The van der Waals surface area contributed by atoms with Gasteiger partial charge in [-0.1, -0.05) is 12.1 Å². The Labute approximate surface area is 114 Å². The molecule has 2 aliphatic heterocycles. The van der Waals surface area contributed by atoms with E-state index in [1.54, 1.807) is 0 Å². The van der Waals surface area contributed by atoms with Gasteiger partial charge < -0.3 is 14.4 Å². The number of hydrogen-bond donors (Lipinski definition) is 0. The minimum atomic E-state index is 0.299. The fraction of sp³-hybridized carbons (Fsp3) is 0.562. The van der Waals surface area contributed by atoms with Crippen molar-refractivity contribution in [1.29, 1.82) is 0 Å². The molecule has 0 saturated carbocycles. The summed E-state index contributed by atoms with van der Waals surface area (Å²) in [6.07, 6.45) is 5.33. The highest BCUT2D eigenvalue weighted by Gasteiger charge is 2.18. The van der Waals surface area contributed by atoms with Gasteiger partial charge >= 0.3 is 0 Å². The van der Waals surface area contributed by atoms with Crippen LogP contribution < -0.4 is 4.74 Å². The molecule has 0 radical (unpaired) electrons. The molecule has 0 aromatic heterocycles. The number of carbonyl (C=O) groups is 1. The largest absolute Gasteiger partial charge is 0.493 e. The zero-order valence-electron chi connectivity index (χ0n) is 11.3. The van der Waals surface area contributed by atoms with Crippen LogP contribution in [-0.4, -0.2) is 37.4 Å². The van der Waals surface area contributed by atoms with Crippen molar-refractivity contribution in [3.8, 4) is 5.75 Å². The van der Waals surface area contributed by atoms with Crippen LogP contribution >= 0.6 is 0 Å². The Balaban J connectivity index is 1.51.